The molecule has 1 aromatic rings. The highest BCUT2D eigenvalue weighted by Gasteiger charge is 2.11. The van der Waals surface area contributed by atoms with Crippen LogP contribution in [0.5, 0.6) is 0 Å². The molecule has 0 spiro atoms. The smallest absolute Gasteiger partial charge is 0.209 e. The average Bonchev–Trinajstić information content (AvgIpc) is 2.35. The molecule has 0 aliphatic heterocycles. The summed E-state index contributed by atoms with van der Waals surface area (Å²) in [7, 11) is -3.09. The predicted molar refractivity (Wildman–Crippen MR) is 49.2 cm³/mol. The standard InChI is InChI=1S/C7H11NO2S2/c1-3-4-6-5-8-7(11-6)12(2,9)10/h5H,3-4H2,1-2H3. The summed E-state index contributed by atoms with van der Waals surface area (Å²) in [6.45, 7) is 2.06. The first kappa shape index (κ1) is 9.67. The molecule has 1 aromatic heterocycles. The van der Waals surface area contributed by atoms with E-state index in [0.717, 1.165) is 17.7 Å². The zero-order chi connectivity index (χ0) is 9.19. The molecule has 0 atom stereocenters. The van der Waals surface area contributed by atoms with Crippen LogP contribution in [-0.2, 0) is 16.3 Å². The first-order valence-electron chi connectivity index (χ1n) is 3.69. The second-order valence-electron chi connectivity index (χ2n) is 2.61. The zero-order valence-corrected chi connectivity index (χ0v) is 8.70. The van der Waals surface area contributed by atoms with Crippen LogP contribution >= 0.6 is 11.3 Å². The Morgan fingerprint density at radius 1 is 1.58 bits per heavy atom. The van der Waals surface area contributed by atoms with Crippen molar-refractivity contribution in [1.29, 1.82) is 0 Å². The number of aromatic nitrogens is 1. The highest BCUT2D eigenvalue weighted by Crippen LogP contribution is 2.18. The fourth-order valence-electron chi connectivity index (χ4n) is 0.823. The SMILES string of the molecule is CCCc1cnc(S(C)(=O)=O)s1. The van der Waals surface area contributed by atoms with E-state index in [0.29, 0.717) is 0 Å². The Labute approximate surface area is 76.4 Å². The molecule has 0 saturated carbocycles. The molecule has 0 aliphatic rings. The maximum absolute atomic E-state index is 11.0. The molecule has 5 heteroatoms. The summed E-state index contributed by atoms with van der Waals surface area (Å²) in [6.07, 6.45) is 4.75. The van der Waals surface area contributed by atoms with Crippen molar-refractivity contribution >= 4 is 21.2 Å². The molecule has 0 saturated heterocycles. The highest BCUT2D eigenvalue weighted by molar-refractivity contribution is 7.92. The third-order valence-electron chi connectivity index (χ3n) is 1.35. The van der Waals surface area contributed by atoms with E-state index in [4.69, 9.17) is 0 Å². The Morgan fingerprint density at radius 2 is 2.25 bits per heavy atom. The first-order chi connectivity index (χ1) is 5.54. The van der Waals surface area contributed by atoms with Gasteiger partial charge in [-0.05, 0) is 6.42 Å². The molecule has 0 amide bonds. The van der Waals surface area contributed by atoms with Crippen molar-refractivity contribution in [2.75, 3.05) is 6.26 Å². The largest absolute Gasteiger partial charge is 0.233 e. The van der Waals surface area contributed by atoms with Gasteiger partial charge in [-0.1, -0.05) is 13.3 Å². The molecule has 0 fully saturated rings. The van der Waals surface area contributed by atoms with Crippen LogP contribution in [-0.4, -0.2) is 19.7 Å². The van der Waals surface area contributed by atoms with Crippen molar-refractivity contribution in [3.05, 3.63) is 11.1 Å². The third-order valence-corrected chi connectivity index (χ3v) is 4.10. The van der Waals surface area contributed by atoms with Crippen molar-refractivity contribution in [2.45, 2.75) is 24.1 Å². The van der Waals surface area contributed by atoms with Crippen molar-refractivity contribution < 1.29 is 8.42 Å². The van der Waals surface area contributed by atoms with E-state index in [1.807, 2.05) is 0 Å². The van der Waals surface area contributed by atoms with E-state index in [1.54, 1.807) is 6.20 Å². The van der Waals surface area contributed by atoms with Gasteiger partial charge in [0.05, 0.1) is 0 Å². The molecule has 1 rings (SSSR count). The Morgan fingerprint density at radius 3 is 2.67 bits per heavy atom. The molecule has 0 unspecified atom stereocenters. The second kappa shape index (κ2) is 3.53. The number of rotatable bonds is 3. The monoisotopic (exact) mass is 205 g/mol. The van der Waals surface area contributed by atoms with Crippen LogP contribution in [0.3, 0.4) is 0 Å². The number of thiazole rings is 1. The lowest BCUT2D eigenvalue weighted by Crippen LogP contribution is -1.94. The van der Waals surface area contributed by atoms with Crippen LogP contribution in [0.2, 0.25) is 0 Å². The van der Waals surface area contributed by atoms with Crippen LogP contribution in [0.15, 0.2) is 10.5 Å². The van der Waals surface area contributed by atoms with Gasteiger partial charge in [-0.2, -0.15) is 0 Å². The van der Waals surface area contributed by atoms with E-state index in [-0.39, 0.29) is 4.34 Å². The number of aryl methyl sites for hydroxylation is 1. The Kier molecular flexibility index (Phi) is 2.85. The second-order valence-corrected chi connectivity index (χ2v) is 5.92. The molecular weight excluding hydrogens is 194 g/mol. The molecular formula is C7H11NO2S2. The fraction of sp³-hybridized carbons (Fsp3) is 0.571. The lowest BCUT2D eigenvalue weighted by molar-refractivity contribution is 0.601. The quantitative estimate of drug-likeness (QED) is 0.751. The molecule has 3 nitrogen and oxygen atoms in total. The summed E-state index contributed by atoms with van der Waals surface area (Å²) in [5.41, 5.74) is 0. The fourth-order valence-corrected chi connectivity index (χ4v) is 2.74. The summed E-state index contributed by atoms with van der Waals surface area (Å²) >= 11 is 1.27. The highest BCUT2D eigenvalue weighted by atomic mass is 32.2. The normalized spacial score (nSPS) is 11.8. The first-order valence-corrected chi connectivity index (χ1v) is 6.39. The lowest BCUT2D eigenvalue weighted by atomic mass is 10.3. The Balaban J connectivity index is 2.92. The van der Waals surface area contributed by atoms with Gasteiger partial charge in [-0.25, -0.2) is 13.4 Å². The minimum atomic E-state index is -3.09. The average molecular weight is 205 g/mol. The van der Waals surface area contributed by atoms with Gasteiger partial charge in [-0.3, -0.25) is 0 Å². The number of hydrogen-bond donors (Lipinski definition) is 0. The topological polar surface area (TPSA) is 47.0 Å². The van der Waals surface area contributed by atoms with Crippen LogP contribution in [0, 0.1) is 0 Å². The zero-order valence-electron chi connectivity index (χ0n) is 7.07. The molecule has 0 aromatic carbocycles. The van der Waals surface area contributed by atoms with Crippen molar-refractivity contribution in [1.82, 2.24) is 4.98 Å². The summed E-state index contributed by atoms with van der Waals surface area (Å²) in [4.78, 5) is 4.88. The van der Waals surface area contributed by atoms with E-state index in [2.05, 4.69) is 11.9 Å². The summed E-state index contributed by atoms with van der Waals surface area (Å²) in [5.74, 6) is 0. The van der Waals surface area contributed by atoms with E-state index in [1.165, 1.54) is 17.6 Å². The summed E-state index contributed by atoms with van der Waals surface area (Å²) < 4.78 is 22.2. The molecule has 12 heavy (non-hydrogen) atoms. The van der Waals surface area contributed by atoms with Crippen molar-refractivity contribution in [3.8, 4) is 0 Å². The number of sulfone groups is 1. The van der Waals surface area contributed by atoms with Crippen LogP contribution in [0.1, 0.15) is 18.2 Å². The Bertz CT molecular complexity index is 353. The molecule has 0 radical (unpaired) electrons. The van der Waals surface area contributed by atoms with E-state index < -0.39 is 9.84 Å². The van der Waals surface area contributed by atoms with Crippen molar-refractivity contribution in [3.63, 3.8) is 0 Å². The molecule has 0 bridgehead atoms. The van der Waals surface area contributed by atoms with E-state index in [9.17, 15) is 8.42 Å². The molecule has 0 aliphatic carbocycles. The number of hydrogen-bond acceptors (Lipinski definition) is 4. The van der Waals surface area contributed by atoms with Gasteiger partial charge < -0.3 is 0 Å². The van der Waals surface area contributed by atoms with Crippen LogP contribution in [0.4, 0.5) is 0 Å². The van der Waals surface area contributed by atoms with Crippen molar-refractivity contribution in [2.24, 2.45) is 0 Å². The number of nitrogens with zero attached hydrogens (tertiary/aromatic N) is 1. The van der Waals surface area contributed by atoms with Gasteiger partial charge in [-0.15, -0.1) is 11.3 Å². The van der Waals surface area contributed by atoms with Gasteiger partial charge in [0.15, 0.2) is 0 Å². The summed E-state index contributed by atoms with van der Waals surface area (Å²) in [6, 6.07) is 0. The van der Waals surface area contributed by atoms with Gasteiger partial charge in [0.1, 0.15) is 0 Å². The van der Waals surface area contributed by atoms with Crippen LogP contribution < -0.4 is 0 Å². The minimum Gasteiger partial charge on any atom is -0.233 e. The molecule has 68 valence electrons. The Hall–Kier alpha value is -0.420. The van der Waals surface area contributed by atoms with E-state index >= 15 is 0 Å². The van der Waals surface area contributed by atoms with Gasteiger partial charge in [0, 0.05) is 17.3 Å². The third kappa shape index (κ3) is 2.28. The molecule has 1 heterocycles. The minimum absolute atomic E-state index is 0.228. The predicted octanol–water partition coefficient (Wildman–Crippen LogP) is 1.50. The van der Waals surface area contributed by atoms with Gasteiger partial charge in [0.25, 0.3) is 0 Å². The van der Waals surface area contributed by atoms with Crippen LogP contribution in [0.25, 0.3) is 0 Å². The molecule has 0 N–H and O–H groups in total. The summed E-state index contributed by atoms with van der Waals surface area (Å²) in [5, 5.41) is 0. The maximum Gasteiger partial charge on any atom is 0.209 e. The van der Waals surface area contributed by atoms with Gasteiger partial charge >= 0.3 is 0 Å². The lowest BCUT2D eigenvalue weighted by Gasteiger charge is -1.88. The van der Waals surface area contributed by atoms with Gasteiger partial charge in [0.2, 0.25) is 14.2 Å². The maximum atomic E-state index is 11.0.